The third-order valence-corrected chi connectivity index (χ3v) is 1.65. The molecule has 0 amide bonds. The van der Waals surface area contributed by atoms with Crippen LogP contribution >= 0.6 is 12.2 Å². The van der Waals surface area contributed by atoms with E-state index in [0.717, 1.165) is 23.6 Å². The summed E-state index contributed by atoms with van der Waals surface area (Å²) in [7, 11) is 0. The molecule has 0 unspecified atom stereocenters. The minimum atomic E-state index is 0.740. The minimum absolute atomic E-state index is 0.740. The molecule has 0 atom stereocenters. The van der Waals surface area contributed by atoms with Crippen molar-refractivity contribution in [1.82, 2.24) is 15.5 Å². The molecular formula is C7H11N3S. The van der Waals surface area contributed by atoms with E-state index in [9.17, 15) is 0 Å². The molecule has 1 aromatic heterocycles. The van der Waals surface area contributed by atoms with Crippen molar-refractivity contribution in [3.05, 3.63) is 18.0 Å². The van der Waals surface area contributed by atoms with Crippen molar-refractivity contribution in [2.24, 2.45) is 0 Å². The first-order chi connectivity index (χ1) is 5.34. The third kappa shape index (κ3) is 2.31. The monoisotopic (exact) mass is 169 g/mol. The summed E-state index contributed by atoms with van der Waals surface area (Å²) in [6.45, 7) is 3.01. The lowest BCUT2D eigenvalue weighted by molar-refractivity contribution is 0.845. The summed E-state index contributed by atoms with van der Waals surface area (Å²) in [5.41, 5.74) is 0.883. The van der Waals surface area contributed by atoms with Gasteiger partial charge in [0.15, 0.2) is 0 Å². The molecule has 60 valence electrons. The molecule has 1 aromatic rings. The average molecular weight is 169 g/mol. The van der Waals surface area contributed by atoms with Gasteiger partial charge in [0.25, 0.3) is 0 Å². The molecule has 4 heteroatoms. The summed E-state index contributed by atoms with van der Waals surface area (Å²) >= 11 is 5.06. The second-order valence-corrected chi connectivity index (χ2v) is 2.63. The molecule has 0 saturated heterocycles. The fraction of sp³-hybridized carbons (Fsp3) is 0.429. The molecule has 1 heterocycles. The Morgan fingerprint density at radius 2 is 2.64 bits per heavy atom. The van der Waals surface area contributed by atoms with Crippen LogP contribution in [-0.4, -0.2) is 21.7 Å². The van der Waals surface area contributed by atoms with Gasteiger partial charge in [0.2, 0.25) is 0 Å². The van der Waals surface area contributed by atoms with Crippen LogP contribution in [0.2, 0.25) is 0 Å². The summed E-state index contributed by atoms with van der Waals surface area (Å²) < 4.78 is 0. The normalized spacial score (nSPS) is 9.55. The Morgan fingerprint density at radius 1 is 1.82 bits per heavy atom. The van der Waals surface area contributed by atoms with Gasteiger partial charge in [-0.1, -0.05) is 19.1 Å². The quantitative estimate of drug-likeness (QED) is 0.665. The van der Waals surface area contributed by atoms with Crippen LogP contribution in [-0.2, 0) is 0 Å². The van der Waals surface area contributed by atoms with Crippen LogP contribution < -0.4 is 5.32 Å². The summed E-state index contributed by atoms with van der Waals surface area (Å²) in [4.78, 5) is 0.740. The lowest BCUT2D eigenvalue weighted by atomic mass is 10.4. The molecule has 0 radical (unpaired) electrons. The number of aromatic amines is 1. The first-order valence-corrected chi connectivity index (χ1v) is 4.03. The maximum Gasteiger partial charge on any atom is 0.124 e. The van der Waals surface area contributed by atoms with Crippen LogP contribution in [0.4, 0.5) is 0 Å². The lowest BCUT2D eigenvalue weighted by Gasteiger charge is -2.02. The molecule has 0 bridgehead atoms. The molecule has 2 N–H and O–H groups in total. The Balaban J connectivity index is 2.43. The van der Waals surface area contributed by atoms with Gasteiger partial charge >= 0.3 is 0 Å². The average Bonchev–Trinajstić information content (AvgIpc) is 2.52. The Kier molecular flexibility index (Phi) is 3.04. The van der Waals surface area contributed by atoms with Gasteiger partial charge in [0.05, 0.1) is 5.69 Å². The van der Waals surface area contributed by atoms with Crippen LogP contribution in [0.15, 0.2) is 12.3 Å². The van der Waals surface area contributed by atoms with E-state index >= 15 is 0 Å². The zero-order valence-electron chi connectivity index (χ0n) is 6.42. The number of hydrogen-bond acceptors (Lipinski definition) is 2. The van der Waals surface area contributed by atoms with Gasteiger partial charge in [-0.3, -0.25) is 5.10 Å². The first-order valence-electron chi connectivity index (χ1n) is 3.62. The van der Waals surface area contributed by atoms with Crippen molar-refractivity contribution in [2.45, 2.75) is 13.3 Å². The Bertz CT molecular complexity index is 218. The fourth-order valence-electron chi connectivity index (χ4n) is 0.716. The van der Waals surface area contributed by atoms with E-state index in [1.807, 2.05) is 6.07 Å². The van der Waals surface area contributed by atoms with Crippen molar-refractivity contribution in [1.29, 1.82) is 0 Å². The van der Waals surface area contributed by atoms with Crippen LogP contribution in [0, 0.1) is 0 Å². The van der Waals surface area contributed by atoms with Crippen molar-refractivity contribution in [3.8, 4) is 0 Å². The fourth-order valence-corrected chi connectivity index (χ4v) is 0.932. The van der Waals surface area contributed by atoms with Gasteiger partial charge in [-0.15, -0.1) is 0 Å². The molecule has 0 aromatic carbocycles. The number of aromatic nitrogens is 2. The molecule has 1 rings (SSSR count). The molecule has 0 aliphatic carbocycles. The maximum atomic E-state index is 5.06. The number of rotatable bonds is 3. The van der Waals surface area contributed by atoms with E-state index in [4.69, 9.17) is 12.2 Å². The Morgan fingerprint density at radius 3 is 3.18 bits per heavy atom. The lowest BCUT2D eigenvalue weighted by Crippen LogP contribution is -2.23. The third-order valence-electron chi connectivity index (χ3n) is 1.28. The van der Waals surface area contributed by atoms with Gasteiger partial charge in [-0.05, 0) is 12.5 Å². The van der Waals surface area contributed by atoms with E-state index < -0.39 is 0 Å². The highest BCUT2D eigenvalue weighted by atomic mass is 32.1. The van der Waals surface area contributed by atoms with Gasteiger partial charge < -0.3 is 5.32 Å². The topological polar surface area (TPSA) is 40.7 Å². The standard InChI is InChI=1S/C7H11N3S/c1-2-4-8-7(11)6-3-5-9-10-6/h3,5H,2,4H2,1H3,(H,8,11)(H,9,10). The number of nitrogens with one attached hydrogen (secondary N) is 2. The zero-order valence-corrected chi connectivity index (χ0v) is 7.24. The van der Waals surface area contributed by atoms with E-state index in [1.165, 1.54) is 0 Å². The molecule has 0 spiro atoms. The van der Waals surface area contributed by atoms with E-state index in [2.05, 4.69) is 22.4 Å². The van der Waals surface area contributed by atoms with Crippen molar-refractivity contribution in [3.63, 3.8) is 0 Å². The predicted octanol–water partition coefficient (Wildman–Crippen LogP) is 1.08. The van der Waals surface area contributed by atoms with Crippen molar-refractivity contribution in [2.75, 3.05) is 6.54 Å². The number of H-pyrrole nitrogens is 1. The predicted molar refractivity (Wildman–Crippen MR) is 48.6 cm³/mol. The van der Waals surface area contributed by atoms with E-state index in [-0.39, 0.29) is 0 Å². The van der Waals surface area contributed by atoms with E-state index in [0.29, 0.717) is 0 Å². The summed E-state index contributed by atoms with van der Waals surface area (Å²) in [6.07, 6.45) is 2.77. The zero-order chi connectivity index (χ0) is 8.10. The minimum Gasteiger partial charge on any atom is -0.375 e. The summed E-state index contributed by atoms with van der Waals surface area (Å²) in [5.74, 6) is 0. The van der Waals surface area contributed by atoms with Crippen LogP contribution in [0.25, 0.3) is 0 Å². The van der Waals surface area contributed by atoms with Crippen LogP contribution in [0.1, 0.15) is 19.0 Å². The summed E-state index contributed by atoms with van der Waals surface area (Å²) in [6, 6.07) is 1.85. The smallest absolute Gasteiger partial charge is 0.124 e. The second-order valence-electron chi connectivity index (χ2n) is 2.23. The SMILES string of the molecule is CCCNC(=S)c1ccn[nH]1. The van der Waals surface area contributed by atoms with Crippen LogP contribution in [0.5, 0.6) is 0 Å². The van der Waals surface area contributed by atoms with Crippen molar-refractivity contribution < 1.29 is 0 Å². The molecular weight excluding hydrogens is 158 g/mol. The molecule has 0 aliphatic heterocycles. The number of hydrogen-bond donors (Lipinski definition) is 2. The molecule has 0 fully saturated rings. The highest BCUT2D eigenvalue weighted by Crippen LogP contribution is 1.92. The number of thiocarbonyl (C=S) groups is 1. The largest absolute Gasteiger partial charge is 0.375 e. The van der Waals surface area contributed by atoms with E-state index in [1.54, 1.807) is 6.20 Å². The Hall–Kier alpha value is -0.900. The maximum absolute atomic E-state index is 5.06. The van der Waals surface area contributed by atoms with Crippen molar-refractivity contribution >= 4 is 17.2 Å². The molecule has 0 aliphatic rings. The van der Waals surface area contributed by atoms with Gasteiger partial charge in [-0.25, -0.2) is 0 Å². The highest BCUT2D eigenvalue weighted by Gasteiger charge is 1.98. The molecule has 3 nitrogen and oxygen atoms in total. The highest BCUT2D eigenvalue weighted by molar-refractivity contribution is 7.80. The molecule has 11 heavy (non-hydrogen) atoms. The van der Waals surface area contributed by atoms with Gasteiger partial charge in [0, 0.05) is 12.7 Å². The number of nitrogens with zero attached hydrogens (tertiary/aromatic N) is 1. The Labute approximate surface area is 71.2 Å². The van der Waals surface area contributed by atoms with Gasteiger partial charge in [-0.2, -0.15) is 5.10 Å². The second kappa shape index (κ2) is 4.08. The first kappa shape index (κ1) is 8.20. The molecule has 0 saturated carbocycles. The summed E-state index contributed by atoms with van der Waals surface area (Å²) in [5, 5.41) is 9.69. The van der Waals surface area contributed by atoms with Gasteiger partial charge in [0.1, 0.15) is 4.99 Å². The van der Waals surface area contributed by atoms with Crippen LogP contribution in [0.3, 0.4) is 0 Å².